The molecule has 1 aromatic heterocycles. The van der Waals surface area contributed by atoms with Crippen molar-refractivity contribution in [2.75, 3.05) is 11.9 Å². The number of alkyl halides is 3. The number of halogens is 3. The number of nitrogens with zero attached hydrogens (tertiary/aromatic N) is 1. The topological polar surface area (TPSA) is 45.1 Å². The van der Waals surface area contributed by atoms with Gasteiger partial charge in [0.1, 0.15) is 11.5 Å². The fourth-order valence-electron chi connectivity index (χ4n) is 2.57. The van der Waals surface area contributed by atoms with Crippen LogP contribution in [-0.4, -0.2) is 22.2 Å². The third-order valence-electron chi connectivity index (χ3n) is 3.97. The lowest BCUT2D eigenvalue weighted by Crippen LogP contribution is -2.45. The third kappa shape index (κ3) is 3.42. The van der Waals surface area contributed by atoms with Gasteiger partial charge in [-0.1, -0.05) is 13.0 Å². The molecule has 6 heteroatoms. The Labute approximate surface area is 116 Å². The lowest BCUT2D eigenvalue weighted by Gasteiger charge is -2.39. The maximum Gasteiger partial charge on any atom is 0.433 e. The molecule has 20 heavy (non-hydrogen) atoms. The molecule has 0 aliphatic heterocycles. The maximum absolute atomic E-state index is 12.6. The lowest BCUT2D eigenvalue weighted by atomic mass is 9.77. The minimum Gasteiger partial charge on any atom is -0.394 e. The number of aliphatic hydroxyl groups excluding tert-OH is 1. The van der Waals surface area contributed by atoms with Crippen LogP contribution in [0.2, 0.25) is 0 Å². The van der Waals surface area contributed by atoms with Crippen LogP contribution in [0, 0.1) is 5.92 Å². The number of aromatic nitrogens is 1. The zero-order valence-corrected chi connectivity index (χ0v) is 11.4. The van der Waals surface area contributed by atoms with Crippen LogP contribution in [0.4, 0.5) is 19.0 Å². The van der Waals surface area contributed by atoms with Gasteiger partial charge < -0.3 is 10.4 Å². The van der Waals surface area contributed by atoms with E-state index in [1.165, 1.54) is 12.1 Å². The number of hydrogen-bond acceptors (Lipinski definition) is 3. The Morgan fingerprint density at radius 2 is 2.00 bits per heavy atom. The summed E-state index contributed by atoms with van der Waals surface area (Å²) in [6.07, 6.45) is -1.07. The zero-order valence-electron chi connectivity index (χ0n) is 11.4. The Balaban J connectivity index is 2.16. The molecule has 0 spiro atoms. The van der Waals surface area contributed by atoms with Crippen LogP contribution in [0.15, 0.2) is 18.2 Å². The number of hydrogen-bond donors (Lipinski definition) is 2. The molecule has 1 fully saturated rings. The second kappa shape index (κ2) is 5.60. The van der Waals surface area contributed by atoms with Gasteiger partial charge >= 0.3 is 6.18 Å². The fourth-order valence-corrected chi connectivity index (χ4v) is 2.57. The zero-order chi connectivity index (χ0) is 14.8. The summed E-state index contributed by atoms with van der Waals surface area (Å²) >= 11 is 0. The monoisotopic (exact) mass is 288 g/mol. The third-order valence-corrected chi connectivity index (χ3v) is 3.97. The van der Waals surface area contributed by atoms with E-state index in [-0.39, 0.29) is 12.4 Å². The lowest BCUT2D eigenvalue weighted by molar-refractivity contribution is -0.141. The van der Waals surface area contributed by atoms with Gasteiger partial charge in [0.15, 0.2) is 0 Å². The first-order chi connectivity index (χ1) is 9.35. The highest BCUT2D eigenvalue weighted by molar-refractivity contribution is 5.39. The molecular formula is C14H19F3N2O. The predicted octanol–water partition coefficient (Wildman–Crippen LogP) is 3.45. The first-order valence-electron chi connectivity index (χ1n) is 6.78. The average Bonchev–Trinajstić information content (AvgIpc) is 2.41. The highest BCUT2D eigenvalue weighted by Gasteiger charge is 2.35. The van der Waals surface area contributed by atoms with E-state index < -0.39 is 17.4 Å². The van der Waals surface area contributed by atoms with Crippen LogP contribution in [0.25, 0.3) is 0 Å². The molecule has 3 nitrogen and oxygen atoms in total. The van der Waals surface area contributed by atoms with Gasteiger partial charge in [-0.2, -0.15) is 13.2 Å². The standard InChI is InChI=1S/C14H19F3N2O/c1-10-5-7-13(9-20,8-6-10)19-12-4-2-3-11(18-12)14(15,16)17/h2-4,10,20H,5-9H2,1H3,(H,18,19). The summed E-state index contributed by atoms with van der Waals surface area (Å²) < 4.78 is 37.9. The van der Waals surface area contributed by atoms with Crippen molar-refractivity contribution in [3.63, 3.8) is 0 Å². The molecule has 0 bridgehead atoms. The van der Waals surface area contributed by atoms with Gasteiger partial charge in [0, 0.05) is 0 Å². The van der Waals surface area contributed by atoms with E-state index in [4.69, 9.17) is 0 Å². The Hall–Kier alpha value is -1.30. The summed E-state index contributed by atoms with van der Waals surface area (Å²) in [6, 6.07) is 3.78. The van der Waals surface area contributed by atoms with Crippen LogP contribution >= 0.6 is 0 Å². The minimum atomic E-state index is -4.45. The van der Waals surface area contributed by atoms with E-state index in [1.54, 1.807) is 0 Å². The normalized spacial score (nSPS) is 27.4. The highest BCUT2D eigenvalue weighted by atomic mass is 19.4. The highest BCUT2D eigenvalue weighted by Crippen LogP contribution is 2.35. The molecule has 1 saturated carbocycles. The first-order valence-corrected chi connectivity index (χ1v) is 6.78. The van der Waals surface area contributed by atoms with E-state index in [0.717, 1.165) is 31.7 Å². The van der Waals surface area contributed by atoms with Crippen molar-refractivity contribution in [1.29, 1.82) is 0 Å². The molecule has 2 N–H and O–H groups in total. The molecule has 1 aliphatic carbocycles. The van der Waals surface area contributed by atoms with Gasteiger partial charge in [-0.3, -0.25) is 0 Å². The Bertz CT molecular complexity index is 454. The summed E-state index contributed by atoms with van der Waals surface area (Å²) in [6.45, 7) is 2.04. The molecular weight excluding hydrogens is 269 g/mol. The van der Waals surface area contributed by atoms with Crippen LogP contribution < -0.4 is 5.32 Å². The molecule has 112 valence electrons. The number of aliphatic hydroxyl groups is 1. The Kier molecular flexibility index (Phi) is 4.22. The number of anilines is 1. The second-order valence-electron chi connectivity index (χ2n) is 5.65. The van der Waals surface area contributed by atoms with Gasteiger partial charge in [0.25, 0.3) is 0 Å². The van der Waals surface area contributed by atoms with Crippen LogP contribution in [-0.2, 0) is 6.18 Å². The molecule has 1 aliphatic rings. The molecule has 1 heterocycles. The van der Waals surface area contributed by atoms with Crippen molar-refractivity contribution >= 4 is 5.82 Å². The van der Waals surface area contributed by atoms with Crippen molar-refractivity contribution in [2.24, 2.45) is 5.92 Å². The second-order valence-corrected chi connectivity index (χ2v) is 5.65. The number of pyridine rings is 1. The summed E-state index contributed by atoms with van der Waals surface area (Å²) in [7, 11) is 0. The van der Waals surface area contributed by atoms with E-state index >= 15 is 0 Å². The molecule has 0 unspecified atom stereocenters. The smallest absolute Gasteiger partial charge is 0.394 e. The van der Waals surface area contributed by atoms with E-state index in [0.29, 0.717) is 5.92 Å². The molecule has 0 amide bonds. The van der Waals surface area contributed by atoms with Crippen LogP contribution in [0.1, 0.15) is 38.3 Å². The number of nitrogens with one attached hydrogen (secondary N) is 1. The summed E-state index contributed by atoms with van der Waals surface area (Å²) in [5, 5.41) is 12.6. The molecule has 1 aromatic rings. The quantitative estimate of drug-likeness (QED) is 0.895. The number of rotatable bonds is 3. The van der Waals surface area contributed by atoms with Gasteiger partial charge in [0.05, 0.1) is 12.1 Å². The summed E-state index contributed by atoms with van der Waals surface area (Å²) in [4.78, 5) is 3.60. The van der Waals surface area contributed by atoms with Crippen molar-refractivity contribution < 1.29 is 18.3 Å². The van der Waals surface area contributed by atoms with Crippen molar-refractivity contribution in [2.45, 2.75) is 44.3 Å². The van der Waals surface area contributed by atoms with E-state index in [2.05, 4.69) is 17.2 Å². The molecule has 0 atom stereocenters. The van der Waals surface area contributed by atoms with Gasteiger partial charge in [-0.05, 0) is 43.7 Å². The molecule has 0 aromatic carbocycles. The maximum atomic E-state index is 12.6. The SMILES string of the molecule is CC1CCC(CO)(Nc2cccc(C(F)(F)F)n2)CC1. The van der Waals surface area contributed by atoms with Crippen molar-refractivity contribution in [1.82, 2.24) is 4.98 Å². The molecule has 0 saturated heterocycles. The molecule has 2 rings (SSSR count). The Morgan fingerprint density at radius 3 is 2.55 bits per heavy atom. The van der Waals surface area contributed by atoms with E-state index in [1.807, 2.05) is 0 Å². The van der Waals surface area contributed by atoms with Crippen molar-refractivity contribution in [3.8, 4) is 0 Å². The average molecular weight is 288 g/mol. The minimum absolute atomic E-state index is 0.0996. The summed E-state index contributed by atoms with van der Waals surface area (Å²) in [5.41, 5.74) is -1.47. The van der Waals surface area contributed by atoms with Gasteiger partial charge in [-0.25, -0.2) is 4.98 Å². The van der Waals surface area contributed by atoms with Gasteiger partial charge in [-0.15, -0.1) is 0 Å². The molecule has 0 radical (unpaired) electrons. The Morgan fingerprint density at radius 1 is 1.35 bits per heavy atom. The first kappa shape index (κ1) is 15.1. The summed E-state index contributed by atoms with van der Waals surface area (Å²) in [5.74, 6) is 0.759. The van der Waals surface area contributed by atoms with Crippen LogP contribution in [0.3, 0.4) is 0 Å². The van der Waals surface area contributed by atoms with E-state index in [9.17, 15) is 18.3 Å². The predicted molar refractivity (Wildman–Crippen MR) is 70.3 cm³/mol. The van der Waals surface area contributed by atoms with Crippen molar-refractivity contribution in [3.05, 3.63) is 23.9 Å². The van der Waals surface area contributed by atoms with Crippen LogP contribution in [0.5, 0.6) is 0 Å². The largest absolute Gasteiger partial charge is 0.433 e. The van der Waals surface area contributed by atoms with Gasteiger partial charge in [0.2, 0.25) is 0 Å². The fraction of sp³-hybridized carbons (Fsp3) is 0.643.